The Morgan fingerprint density at radius 2 is 2.08 bits per heavy atom. The number of alkyl halides is 2. The molecule has 0 spiro atoms. The first-order chi connectivity index (χ1) is 18.8. The summed E-state index contributed by atoms with van der Waals surface area (Å²) in [4.78, 5) is 28.9. The standard InChI is InChI=1S/C27H37BF2N4O6/c1-26(2,33-12-10-27(29,30)18-33)15-20(16-31)24(35)34-11-5-4-8-21(34)17-40-25(36)32-23(28(37)38)14-19-7-6-9-22(13-19)39-3/h6-7,9,13,15,21,23,37-38H,4-5,8,10-12,14,17-18H2,1-3H3,(H,32,36)/t21?,23-/m0/s1. The third-order valence-corrected chi connectivity index (χ3v) is 7.38. The molecule has 1 aromatic carbocycles. The van der Waals surface area contributed by atoms with Gasteiger partial charge in [-0.05, 0) is 63.3 Å². The summed E-state index contributed by atoms with van der Waals surface area (Å²) in [6.45, 7) is 3.28. The number of nitrogens with one attached hydrogen (secondary N) is 1. The van der Waals surface area contributed by atoms with Crippen LogP contribution in [0.25, 0.3) is 0 Å². The summed E-state index contributed by atoms with van der Waals surface area (Å²) < 4.78 is 38.1. The molecule has 2 heterocycles. The molecule has 2 amide bonds. The van der Waals surface area contributed by atoms with E-state index in [9.17, 15) is 33.7 Å². The number of amides is 2. The summed E-state index contributed by atoms with van der Waals surface area (Å²) in [6.07, 6.45) is 2.40. The van der Waals surface area contributed by atoms with Crippen molar-refractivity contribution in [2.75, 3.05) is 33.4 Å². The number of nitriles is 1. The molecular weight excluding hydrogens is 525 g/mol. The molecule has 2 aliphatic heterocycles. The first-order valence-electron chi connectivity index (χ1n) is 13.3. The largest absolute Gasteiger partial charge is 0.497 e. The van der Waals surface area contributed by atoms with Crippen molar-refractivity contribution in [1.29, 1.82) is 5.26 Å². The van der Waals surface area contributed by atoms with Crippen LogP contribution in [0.15, 0.2) is 35.9 Å². The van der Waals surface area contributed by atoms with Gasteiger partial charge in [-0.25, -0.2) is 13.6 Å². The first-order valence-corrected chi connectivity index (χ1v) is 13.3. The predicted molar refractivity (Wildman–Crippen MR) is 143 cm³/mol. The number of halogens is 2. The number of carbonyl (C=O) groups is 2. The topological polar surface area (TPSA) is 135 Å². The molecule has 0 aliphatic carbocycles. The summed E-state index contributed by atoms with van der Waals surface area (Å²) >= 11 is 0. The van der Waals surface area contributed by atoms with Crippen LogP contribution in [0.2, 0.25) is 0 Å². The normalized spacial score (nSPS) is 20.4. The van der Waals surface area contributed by atoms with Gasteiger partial charge in [0.25, 0.3) is 11.8 Å². The molecule has 2 aliphatic rings. The minimum atomic E-state index is -2.81. The van der Waals surface area contributed by atoms with Gasteiger partial charge in [0, 0.05) is 25.0 Å². The fourth-order valence-electron chi connectivity index (χ4n) is 5.06. The average Bonchev–Trinajstić information content (AvgIpc) is 3.30. The summed E-state index contributed by atoms with van der Waals surface area (Å²) in [7, 11) is -0.342. The van der Waals surface area contributed by atoms with Gasteiger partial charge in [-0.3, -0.25) is 9.69 Å². The Balaban J connectivity index is 1.63. The van der Waals surface area contributed by atoms with Crippen LogP contribution in [0.3, 0.4) is 0 Å². The molecule has 10 nitrogen and oxygen atoms in total. The number of ether oxygens (including phenoxy) is 2. The number of likely N-dealkylation sites (tertiary alicyclic amines) is 2. The second-order valence-electron chi connectivity index (χ2n) is 10.8. The van der Waals surface area contributed by atoms with Gasteiger partial charge in [-0.1, -0.05) is 12.1 Å². The molecule has 218 valence electrons. The number of carbonyl (C=O) groups excluding carboxylic acids is 2. The van der Waals surface area contributed by atoms with E-state index in [-0.39, 0.29) is 31.6 Å². The number of rotatable bonds is 10. The number of alkyl carbamates (subject to hydrolysis) is 1. The molecule has 0 saturated carbocycles. The lowest BCUT2D eigenvalue weighted by atomic mass is 9.76. The fourth-order valence-corrected chi connectivity index (χ4v) is 5.06. The monoisotopic (exact) mass is 562 g/mol. The highest BCUT2D eigenvalue weighted by atomic mass is 19.3. The maximum Gasteiger partial charge on any atom is 0.475 e. The summed E-state index contributed by atoms with van der Waals surface area (Å²) in [6, 6.07) is 8.38. The van der Waals surface area contributed by atoms with E-state index in [1.54, 1.807) is 43.0 Å². The van der Waals surface area contributed by atoms with Crippen molar-refractivity contribution in [2.45, 2.75) is 69.4 Å². The molecule has 2 fully saturated rings. The lowest BCUT2D eigenvalue weighted by Gasteiger charge is -2.36. The maximum absolute atomic E-state index is 13.8. The van der Waals surface area contributed by atoms with Crippen molar-refractivity contribution >= 4 is 19.1 Å². The lowest BCUT2D eigenvalue weighted by molar-refractivity contribution is -0.131. The Hall–Kier alpha value is -3.21. The van der Waals surface area contributed by atoms with E-state index >= 15 is 0 Å². The number of methoxy groups -OCH3 is 1. The maximum atomic E-state index is 13.8. The predicted octanol–water partition coefficient (Wildman–Crippen LogP) is 2.30. The van der Waals surface area contributed by atoms with E-state index in [0.717, 1.165) is 6.42 Å². The molecule has 13 heteroatoms. The van der Waals surface area contributed by atoms with Gasteiger partial charge in [0.05, 0.1) is 25.6 Å². The third-order valence-electron chi connectivity index (χ3n) is 7.38. The molecule has 2 saturated heterocycles. The highest BCUT2D eigenvalue weighted by molar-refractivity contribution is 6.43. The first kappa shape index (κ1) is 31.3. The fraction of sp³-hybridized carbons (Fsp3) is 0.593. The van der Waals surface area contributed by atoms with Crippen LogP contribution in [0.1, 0.15) is 45.1 Å². The summed E-state index contributed by atoms with van der Waals surface area (Å²) in [5.74, 6) is -3.83. The molecular formula is C27H37BF2N4O6. The summed E-state index contributed by atoms with van der Waals surface area (Å²) in [5.41, 5.74) is -0.387. The molecule has 1 aromatic rings. The average molecular weight is 562 g/mol. The van der Waals surface area contributed by atoms with Crippen molar-refractivity contribution in [3.8, 4) is 11.8 Å². The van der Waals surface area contributed by atoms with Crippen molar-refractivity contribution in [2.24, 2.45) is 0 Å². The molecule has 2 atom stereocenters. The van der Waals surface area contributed by atoms with Crippen molar-refractivity contribution < 1.29 is 37.9 Å². The number of piperidine rings is 1. The van der Waals surface area contributed by atoms with Gasteiger partial charge in [-0.15, -0.1) is 0 Å². The molecule has 40 heavy (non-hydrogen) atoms. The molecule has 1 unspecified atom stereocenters. The van der Waals surface area contributed by atoms with Crippen LogP contribution >= 0.6 is 0 Å². The second-order valence-corrected chi connectivity index (χ2v) is 10.8. The molecule has 0 aromatic heterocycles. The summed E-state index contributed by atoms with van der Waals surface area (Å²) in [5, 5.41) is 31.8. The van der Waals surface area contributed by atoms with Gasteiger partial charge in [0.2, 0.25) is 0 Å². The molecule has 3 rings (SSSR count). The van der Waals surface area contributed by atoms with Gasteiger partial charge in [0.15, 0.2) is 0 Å². The zero-order valence-electron chi connectivity index (χ0n) is 23.1. The van der Waals surface area contributed by atoms with Crippen LogP contribution in [0.4, 0.5) is 13.6 Å². The SMILES string of the molecule is COc1cccc(C[C@H](NC(=O)OCC2CCCCN2C(=O)C(C#N)=CC(C)(C)N2CCC(F)(F)C2)B(O)O)c1. The molecule has 3 N–H and O–H groups in total. The Kier molecular flexibility index (Phi) is 10.5. The molecule has 0 bridgehead atoms. The van der Waals surface area contributed by atoms with E-state index in [1.807, 2.05) is 6.07 Å². The smallest absolute Gasteiger partial charge is 0.475 e. The van der Waals surface area contributed by atoms with E-state index < -0.39 is 49.1 Å². The van der Waals surface area contributed by atoms with Crippen molar-refractivity contribution in [3.63, 3.8) is 0 Å². The highest BCUT2D eigenvalue weighted by Crippen LogP contribution is 2.33. The van der Waals surface area contributed by atoms with Gasteiger partial charge < -0.3 is 29.7 Å². The van der Waals surface area contributed by atoms with E-state index in [4.69, 9.17) is 9.47 Å². The Morgan fingerprint density at radius 1 is 1.32 bits per heavy atom. The van der Waals surface area contributed by atoms with Crippen LogP contribution < -0.4 is 10.1 Å². The zero-order valence-corrected chi connectivity index (χ0v) is 23.1. The quantitative estimate of drug-likeness (QED) is 0.225. The van der Waals surface area contributed by atoms with Gasteiger partial charge in [-0.2, -0.15) is 5.26 Å². The highest BCUT2D eigenvalue weighted by Gasteiger charge is 2.43. The Bertz CT molecular complexity index is 1130. The van der Waals surface area contributed by atoms with Crippen LogP contribution in [-0.4, -0.2) is 95.8 Å². The number of hydrogen-bond acceptors (Lipinski definition) is 8. The van der Waals surface area contributed by atoms with Crippen molar-refractivity contribution in [1.82, 2.24) is 15.1 Å². The minimum Gasteiger partial charge on any atom is -0.497 e. The second kappa shape index (κ2) is 13.4. The minimum absolute atomic E-state index is 0.104. The van der Waals surface area contributed by atoms with Crippen LogP contribution in [0.5, 0.6) is 5.75 Å². The number of benzene rings is 1. The molecule has 0 radical (unpaired) electrons. The van der Waals surface area contributed by atoms with Crippen LogP contribution in [0, 0.1) is 11.3 Å². The van der Waals surface area contributed by atoms with E-state index in [2.05, 4.69) is 5.32 Å². The van der Waals surface area contributed by atoms with Crippen LogP contribution in [-0.2, 0) is 16.0 Å². The van der Waals surface area contributed by atoms with Gasteiger partial charge >= 0.3 is 13.2 Å². The third kappa shape index (κ3) is 8.40. The Morgan fingerprint density at radius 3 is 2.70 bits per heavy atom. The lowest BCUT2D eigenvalue weighted by Crippen LogP contribution is -2.50. The number of nitrogens with zero attached hydrogens (tertiary/aromatic N) is 3. The van der Waals surface area contributed by atoms with Crippen molar-refractivity contribution in [3.05, 3.63) is 41.5 Å². The van der Waals surface area contributed by atoms with E-state index in [0.29, 0.717) is 30.7 Å². The van der Waals surface area contributed by atoms with Gasteiger partial charge in [0.1, 0.15) is 24.0 Å². The Labute approximate surface area is 233 Å². The zero-order chi connectivity index (χ0) is 29.5. The number of hydrogen-bond donors (Lipinski definition) is 3. The van der Waals surface area contributed by atoms with E-state index in [1.165, 1.54) is 18.1 Å².